The van der Waals surface area contributed by atoms with E-state index in [0.717, 1.165) is 18.6 Å². The summed E-state index contributed by atoms with van der Waals surface area (Å²) in [5.74, 6) is 0.985. The van der Waals surface area contributed by atoms with Crippen molar-refractivity contribution < 1.29 is 4.74 Å². The number of benzene rings is 1. The van der Waals surface area contributed by atoms with Gasteiger partial charge < -0.3 is 10.1 Å². The van der Waals surface area contributed by atoms with E-state index in [1.54, 1.807) is 7.11 Å². The van der Waals surface area contributed by atoms with Gasteiger partial charge in [0, 0.05) is 6.04 Å². The predicted molar refractivity (Wildman–Crippen MR) is 69.3 cm³/mol. The number of aryl methyl sites for hydroxylation is 2. The highest BCUT2D eigenvalue weighted by Crippen LogP contribution is 2.23. The number of hydrogen-bond acceptors (Lipinski definition) is 2. The van der Waals surface area contributed by atoms with Gasteiger partial charge in [0.05, 0.1) is 7.11 Å². The molecule has 2 nitrogen and oxygen atoms in total. The van der Waals surface area contributed by atoms with E-state index < -0.39 is 0 Å². The Morgan fingerprint density at radius 3 is 2.44 bits per heavy atom. The zero-order valence-corrected chi connectivity index (χ0v) is 11.1. The highest BCUT2D eigenvalue weighted by atomic mass is 16.5. The van der Waals surface area contributed by atoms with Crippen LogP contribution < -0.4 is 10.1 Å². The van der Waals surface area contributed by atoms with Crippen molar-refractivity contribution in [3.05, 3.63) is 28.8 Å². The zero-order valence-electron chi connectivity index (χ0n) is 11.1. The van der Waals surface area contributed by atoms with Crippen LogP contribution in [0.4, 0.5) is 0 Å². The number of likely N-dealkylation sites (N-methyl/N-ethyl adjacent to an activating group) is 1. The molecule has 1 atom stereocenters. The molecule has 0 aliphatic carbocycles. The normalized spacial score (nSPS) is 12.6. The molecule has 0 amide bonds. The molecule has 0 bridgehead atoms. The minimum atomic E-state index is 0.562. The summed E-state index contributed by atoms with van der Waals surface area (Å²) in [4.78, 5) is 0. The molecular formula is C14H23NO. The fourth-order valence-electron chi connectivity index (χ4n) is 2.01. The maximum Gasteiger partial charge on any atom is 0.122 e. The zero-order chi connectivity index (χ0) is 12.1. The van der Waals surface area contributed by atoms with E-state index in [2.05, 4.69) is 38.2 Å². The van der Waals surface area contributed by atoms with Gasteiger partial charge in [-0.15, -0.1) is 0 Å². The van der Waals surface area contributed by atoms with Crippen molar-refractivity contribution in [2.75, 3.05) is 14.2 Å². The van der Waals surface area contributed by atoms with Crippen molar-refractivity contribution in [1.82, 2.24) is 5.32 Å². The minimum Gasteiger partial charge on any atom is -0.496 e. The van der Waals surface area contributed by atoms with E-state index in [4.69, 9.17) is 4.74 Å². The fraction of sp³-hybridized carbons (Fsp3) is 0.571. The summed E-state index contributed by atoms with van der Waals surface area (Å²) >= 11 is 0. The Hall–Kier alpha value is -1.02. The van der Waals surface area contributed by atoms with Crippen LogP contribution in [-0.4, -0.2) is 20.2 Å². The molecule has 1 aromatic carbocycles. The van der Waals surface area contributed by atoms with Gasteiger partial charge in [-0.25, -0.2) is 0 Å². The van der Waals surface area contributed by atoms with E-state index >= 15 is 0 Å². The van der Waals surface area contributed by atoms with Crippen molar-refractivity contribution in [2.24, 2.45) is 0 Å². The predicted octanol–water partition coefficient (Wildman–Crippen LogP) is 2.85. The van der Waals surface area contributed by atoms with Crippen LogP contribution >= 0.6 is 0 Å². The van der Waals surface area contributed by atoms with Crippen LogP contribution in [-0.2, 0) is 6.42 Å². The molecule has 1 N–H and O–H groups in total. The largest absolute Gasteiger partial charge is 0.496 e. The van der Waals surface area contributed by atoms with Crippen LogP contribution in [0.25, 0.3) is 0 Å². The molecule has 0 radical (unpaired) electrons. The van der Waals surface area contributed by atoms with Gasteiger partial charge in [0.25, 0.3) is 0 Å². The molecule has 1 unspecified atom stereocenters. The molecule has 0 spiro atoms. The number of methoxy groups -OCH3 is 1. The first-order valence-electron chi connectivity index (χ1n) is 5.93. The molecule has 0 heterocycles. The lowest BCUT2D eigenvalue weighted by molar-refractivity contribution is 0.411. The van der Waals surface area contributed by atoms with E-state index in [1.807, 2.05) is 7.05 Å². The van der Waals surface area contributed by atoms with Crippen molar-refractivity contribution in [3.63, 3.8) is 0 Å². The van der Waals surface area contributed by atoms with E-state index in [9.17, 15) is 0 Å². The Labute approximate surface area is 99.0 Å². The first-order valence-corrected chi connectivity index (χ1v) is 5.93. The summed E-state index contributed by atoms with van der Waals surface area (Å²) in [5, 5.41) is 3.34. The number of ether oxygens (including phenoxy) is 1. The lowest BCUT2D eigenvalue weighted by Gasteiger charge is -2.17. The Kier molecular flexibility index (Phi) is 4.81. The molecule has 90 valence electrons. The topological polar surface area (TPSA) is 21.3 Å². The third-order valence-corrected chi connectivity index (χ3v) is 3.22. The first-order chi connectivity index (χ1) is 7.62. The Morgan fingerprint density at radius 1 is 1.25 bits per heavy atom. The average Bonchev–Trinajstić information content (AvgIpc) is 2.29. The van der Waals surface area contributed by atoms with Gasteiger partial charge in [-0.3, -0.25) is 0 Å². The molecule has 0 aliphatic rings. The van der Waals surface area contributed by atoms with Crippen LogP contribution in [0.5, 0.6) is 5.75 Å². The lowest BCUT2D eigenvalue weighted by Crippen LogP contribution is -2.26. The second-order valence-corrected chi connectivity index (χ2v) is 4.35. The molecule has 0 aromatic heterocycles. The third kappa shape index (κ3) is 2.99. The second-order valence-electron chi connectivity index (χ2n) is 4.35. The van der Waals surface area contributed by atoms with Crippen molar-refractivity contribution in [3.8, 4) is 5.75 Å². The Balaban J connectivity index is 2.92. The number of hydrogen-bond donors (Lipinski definition) is 1. The monoisotopic (exact) mass is 221 g/mol. The summed E-state index contributed by atoms with van der Waals surface area (Å²) in [7, 11) is 3.75. The molecule has 0 aliphatic heterocycles. The van der Waals surface area contributed by atoms with Crippen LogP contribution in [0.1, 0.15) is 30.0 Å². The van der Waals surface area contributed by atoms with Gasteiger partial charge in [0.15, 0.2) is 0 Å². The van der Waals surface area contributed by atoms with E-state index in [0.29, 0.717) is 6.04 Å². The Bertz CT molecular complexity index is 343. The lowest BCUT2D eigenvalue weighted by atomic mass is 9.97. The van der Waals surface area contributed by atoms with Gasteiger partial charge in [-0.05, 0) is 56.5 Å². The molecular weight excluding hydrogens is 198 g/mol. The highest BCUT2D eigenvalue weighted by Gasteiger charge is 2.09. The summed E-state index contributed by atoms with van der Waals surface area (Å²) in [6.07, 6.45) is 2.24. The highest BCUT2D eigenvalue weighted by molar-refractivity contribution is 5.41. The first kappa shape index (κ1) is 13.0. The van der Waals surface area contributed by atoms with Crippen LogP contribution in [0.2, 0.25) is 0 Å². The quantitative estimate of drug-likeness (QED) is 0.825. The standard InChI is InChI=1S/C14H23NO/c1-6-13(15-4)9-12-7-11(3)14(16-5)8-10(12)2/h7-8,13,15H,6,9H2,1-5H3. The molecule has 1 aromatic rings. The fourth-order valence-corrected chi connectivity index (χ4v) is 2.01. The maximum atomic E-state index is 5.32. The van der Waals surface area contributed by atoms with Crippen LogP contribution in [0.3, 0.4) is 0 Å². The van der Waals surface area contributed by atoms with Gasteiger partial charge in [-0.1, -0.05) is 13.0 Å². The summed E-state index contributed by atoms with van der Waals surface area (Å²) in [5.41, 5.74) is 3.95. The number of nitrogens with one attached hydrogen (secondary N) is 1. The molecule has 1 rings (SSSR count). The van der Waals surface area contributed by atoms with E-state index in [1.165, 1.54) is 16.7 Å². The van der Waals surface area contributed by atoms with Crippen molar-refractivity contribution in [1.29, 1.82) is 0 Å². The van der Waals surface area contributed by atoms with Gasteiger partial charge >= 0.3 is 0 Å². The summed E-state index contributed by atoms with van der Waals surface area (Å²) < 4.78 is 5.32. The molecule has 0 saturated carbocycles. The van der Waals surface area contributed by atoms with Crippen LogP contribution in [0, 0.1) is 13.8 Å². The van der Waals surface area contributed by atoms with E-state index in [-0.39, 0.29) is 0 Å². The van der Waals surface area contributed by atoms with Gasteiger partial charge in [0.2, 0.25) is 0 Å². The van der Waals surface area contributed by atoms with Gasteiger partial charge in [0.1, 0.15) is 5.75 Å². The van der Waals surface area contributed by atoms with Crippen molar-refractivity contribution in [2.45, 2.75) is 39.7 Å². The number of rotatable bonds is 5. The molecule has 0 fully saturated rings. The van der Waals surface area contributed by atoms with Crippen molar-refractivity contribution >= 4 is 0 Å². The summed E-state index contributed by atoms with van der Waals surface area (Å²) in [6, 6.07) is 4.94. The third-order valence-electron chi connectivity index (χ3n) is 3.22. The van der Waals surface area contributed by atoms with Crippen LogP contribution in [0.15, 0.2) is 12.1 Å². The summed E-state index contributed by atoms with van der Waals surface area (Å²) in [6.45, 7) is 6.47. The molecule has 0 saturated heterocycles. The average molecular weight is 221 g/mol. The molecule has 16 heavy (non-hydrogen) atoms. The van der Waals surface area contributed by atoms with Gasteiger partial charge in [-0.2, -0.15) is 0 Å². The molecule has 2 heteroatoms. The maximum absolute atomic E-state index is 5.32. The Morgan fingerprint density at radius 2 is 1.94 bits per heavy atom. The smallest absolute Gasteiger partial charge is 0.122 e. The second kappa shape index (κ2) is 5.90. The SMILES string of the molecule is CCC(Cc1cc(C)c(OC)cc1C)NC. The minimum absolute atomic E-state index is 0.562.